The normalized spacial score (nSPS) is 15.9. The molecular weight excluding hydrogens is 597 g/mol. The van der Waals surface area contributed by atoms with Gasteiger partial charge in [-0.25, -0.2) is 8.42 Å². The van der Waals surface area contributed by atoms with Gasteiger partial charge < -0.3 is 25.8 Å². The highest BCUT2D eigenvalue weighted by molar-refractivity contribution is 7.93. The number of anilines is 2. The van der Waals surface area contributed by atoms with E-state index in [1.807, 2.05) is 37.3 Å². The summed E-state index contributed by atoms with van der Waals surface area (Å²) in [4.78, 5) is 13.7. The van der Waals surface area contributed by atoms with E-state index in [4.69, 9.17) is 4.74 Å². The molecule has 0 aromatic heterocycles. The number of hydrogen-bond acceptors (Lipinski definition) is 7. The Morgan fingerprint density at radius 3 is 2.43 bits per heavy atom. The van der Waals surface area contributed by atoms with Crippen LogP contribution in [0, 0.1) is 0 Å². The van der Waals surface area contributed by atoms with Crippen LogP contribution < -0.4 is 25.0 Å². The van der Waals surface area contributed by atoms with Crippen molar-refractivity contribution in [1.82, 2.24) is 10.6 Å². The lowest BCUT2D eigenvalue weighted by molar-refractivity contribution is -0.137. The van der Waals surface area contributed by atoms with Crippen molar-refractivity contribution in [2.45, 2.75) is 44.6 Å². The fourth-order valence-electron chi connectivity index (χ4n) is 5.14. The van der Waals surface area contributed by atoms with Gasteiger partial charge in [-0.15, -0.1) is 0 Å². The first-order valence-corrected chi connectivity index (χ1v) is 15.9. The van der Waals surface area contributed by atoms with Crippen molar-refractivity contribution in [1.29, 1.82) is 0 Å². The summed E-state index contributed by atoms with van der Waals surface area (Å²) >= 11 is 0. The van der Waals surface area contributed by atoms with Crippen molar-refractivity contribution in [2.24, 2.45) is 0 Å². The molecule has 3 aromatic rings. The van der Waals surface area contributed by atoms with Crippen molar-refractivity contribution < 1.29 is 36.2 Å². The molecule has 238 valence electrons. The number of alkyl halides is 3. The highest BCUT2D eigenvalue weighted by atomic mass is 32.2. The first kappa shape index (κ1) is 33.1. The lowest BCUT2D eigenvalue weighted by Gasteiger charge is -2.26. The van der Waals surface area contributed by atoms with E-state index in [2.05, 4.69) is 16.0 Å². The van der Waals surface area contributed by atoms with Crippen LogP contribution >= 0.6 is 0 Å². The molecule has 1 amide bonds. The number of hydrogen-bond donors (Lipinski definition) is 4. The van der Waals surface area contributed by atoms with E-state index < -0.39 is 39.8 Å². The zero-order valence-corrected chi connectivity index (χ0v) is 25.3. The summed E-state index contributed by atoms with van der Waals surface area (Å²) in [5, 5.41) is 20.2. The summed E-state index contributed by atoms with van der Waals surface area (Å²) in [6.45, 7) is 2.65. The van der Waals surface area contributed by atoms with Crippen LogP contribution in [0.4, 0.5) is 24.5 Å². The van der Waals surface area contributed by atoms with E-state index in [-0.39, 0.29) is 43.1 Å². The minimum Gasteiger partial charge on any atom is -0.492 e. The summed E-state index contributed by atoms with van der Waals surface area (Å²) in [5.41, 5.74) is 1.35. The second kappa shape index (κ2) is 14.3. The molecule has 0 aliphatic carbocycles. The SMILES string of the molecule is CCNc1cc(C(=O)N[C@@H](Cc2ccccc2)[C@H](O)CNCc2cccc(C(F)(F)F)c2)cc(N2CCCS2(=O)=O)c1OC. The molecule has 4 N–H and O–H groups in total. The van der Waals surface area contributed by atoms with Gasteiger partial charge in [0.2, 0.25) is 10.0 Å². The van der Waals surface area contributed by atoms with Crippen LogP contribution in [-0.2, 0) is 29.2 Å². The fourth-order valence-corrected chi connectivity index (χ4v) is 6.70. The third-order valence-corrected chi connectivity index (χ3v) is 9.14. The lowest BCUT2D eigenvalue weighted by Crippen LogP contribution is -2.48. The molecule has 0 spiro atoms. The molecule has 4 rings (SSSR count). The summed E-state index contributed by atoms with van der Waals surface area (Å²) in [6, 6.07) is 16.4. The Balaban J connectivity index is 1.56. The largest absolute Gasteiger partial charge is 0.492 e. The van der Waals surface area contributed by atoms with E-state index >= 15 is 0 Å². The zero-order valence-electron chi connectivity index (χ0n) is 24.5. The maximum absolute atomic E-state index is 13.7. The monoisotopic (exact) mass is 634 g/mol. The first-order valence-electron chi connectivity index (χ1n) is 14.3. The van der Waals surface area contributed by atoms with Crippen LogP contribution in [-0.4, -0.2) is 64.1 Å². The summed E-state index contributed by atoms with van der Waals surface area (Å²) in [6.07, 6.45) is -4.87. The average molecular weight is 635 g/mol. The second-order valence-corrected chi connectivity index (χ2v) is 12.5. The number of halogens is 3. The van der Waals surface area contributed by atoms with Crippen molar-refractivity contribution in [2.75, 3.05) is 42.1 Å². The van der Waals surface area contributed by atoms with Crippen molar-refractivity contribution >= 4 is 27.3 Å². The molecular formula is C31H37F3N4O5S. The standard InChI is InChI=1S/C31H37F3N4O5S/c1-3-36-26-17-23(18-27(29(26)43-2)38-13-8-14-44(38,41)42)30(40)37-25(16-21-9-5-4-6-10-21)28(39)20-35-19-22-11-7-12-24(15-22)31(32,33)34/h4-7,9-12,15,17-18,25,28,35-36,39H,3,8,13-14,16,19-20H2,1-2H3,(H,37,40)/t25-,28+/m0/s1. The lowest BCUT2D eigenvalue weighted by atomic mass is 10.00. The maximum Gasteiger partial charge on any atom is 0.416 e. The second-order valence-electron chi connectivity index (χ2n) is 10.5. The number of carbonyl (C=O) groups excluding carboxylic acids is 1. The number of aliphatic hydroxyl groups excluding tert-OH is 1. The molecule has 2 atom stereocenters. The van der Waals surface area contributed by atoms with Gasteiger partial charge in [-0.3, -0.25) is 9.10 Å². The number of aliphatic hydroxyl groups is 1. The first-order chi connectivity index (χ1) is 20.9. The van der Waals surface area contributed by atoms with Crippen LogP contribution in [0.3, 0.4) is 0 Å². The van der Waals surface area contributed by atoms with Gasteiger partial charge in [0.05, 0.1) is 41.9 Å². The van der Waals surface area contributed by atoms with Crippen molar-refractivity contribution in [3.63, 3.8) is 0 Å². The predicted molar refractivity (Wildman–Crippen MR) is 163 cm³/mol. The van der Waals surface area contributed by atoms with Crippen LogP contribution in [0.15, 0.2) is 66.7 Å². The van der Waals surface area contributed by atoms with Gasteiger partial charge in [-0.05, 0) is 49.1 Å². The van der Waals surface area contributed by atoms with Crippen LogP contribution in [0.25, 0.3) is 0 Å². The number of carbonyl (C=O) groups is 1. The predicted octanol–water partition coefficient (Wildman–Crippen LogP) is 4.18. The smallest absolute Gasteiger partial charge is 0.416 e. The van der Waals surface area contributed by atoms with Crippen molar-refractivity contribution in [3.8, 4) is 5.75 Å². The number of ether oxygens (including phenoxy) is 1. The van der Waals surface area contributed by atoms with Gasteiger partial charge in [-0.1, -0.05) is 48.5 Å². The Kier molecular flexibility index (Phi) is 10.8. The van der Waals surface area contributed by atoms with Gasteiger partial charge >= 0.3 is 6.18 Å². The quantitative estimate of drug-likeness (QED) is 0.223. The summed E-state index contributed by atoms with van der Waals surface area (Å²) in [7, 11) is -2.15. The molecule has 9 nitrogen and oxygen atoms in total. The van der Waals surface area contributed by atoms with E-state index in [0.29, 0.717) is 30.0 Å². The van der Waals surface area contributed by atoms with E-state index in [0.717, 1.165) is 17.7 Å². The molecule has 1 heterocycles. The van der Waals surface area contributed by atoms with Crippen LogP contribution in [0.1, 0.15) is 40.4 Å². The fraction of sp³-hybridized carbons (Fsp3) is 0.387. The number of nitrogens with one attached hydrogen (secondary N) is 3. The van der Waals surface area contributed by atoms with Crippen molar-refractivity contribution in [3.05, 3.63) is 89.0 Å². The highest BCUT2D eigenvalue weighted by Crippen LogP contribution is 2.40. The van der Waals surface area contributed by atoms with Gasteiger partial charge in [0.1, 0.15) is 0 Å². The Labute approximate surface area is 255 Å². The molecule has 1 fully saturated rings. The molecule has 1 saturated heterocycles. The topological polar surface area (TPSA) is 120 Å². The Bertz CT molecular complexity index is 1540. The number of benzene rings is 3. The molecule has 13 heteroatoms. The molecule has 3 aromatic carbocycles. The van der Waals surface area contributed by atoms with E-state index in [1.165, 1.54) is 23.5 Å². The minimum absolute atomic E-state index is 0.0119. The third kappa shape index (κ3) is 8.21. The minimum atomic E-state index is -4.46. The maximum atomic E-state index is 13.7. The van der Waals surface area contributed by atoms with Crippen LogP contribution in [0.5, 0.6) is 5.75 Å². The number of rotatable bonds is 13. The Hall–Kier alpha value is -3.81. The molecule has 0 bridgehead atoms. The number of amides is 1. The molecule has 1 aliphatic heterocycles. The highest BCUT2D eigenvalue weighted by Gasteiger charge is 2.33. The third-order valence-electron chi connectivity index (χ3n) is 7.29. The van der Waals surface area contributed by atoms with E-state index in [1.54, 1.807) is 12.1 Å². The van der Waals surface area contributed by atoms with E-state index in [9.17, 15) is 31.5 Å². The average Bonchev–Trinajstić information content (AvgIpc) is 3.35. The molecule has 44 heavy (non-hydrogen) atoms. The zero-order chi connectivity index (χ0) is 31.9. The van der Waals surface area contributed by atoms with Gasteiger partial charge in [-0.2, -0.15) is 13.2 Å². The summed E-state index contributed by atoms with van der Waals surface area (Å²) < 4.78 is 71.7. The number of sulfonamides is 1. The van der Waals surface area contributed by atoms with Gasteiger partial charge in [0.15, 0.2) is 5.75 Å². The van der Waals surface area contributed by atoms with Gasteiger partial charge in [0.25, 0.3) is 5.91 Å². The molecule has 0 radical (unpaired) electrons. The summed E-state index contributed by atoms with van der Waals surface area (Å²) in [5.74, 6) is -0.252. The number of nitrogens with zero attached hydrogens (tertiary/aromatic N) is 1. The Morgan fingerprint density at radius 2 is 1.80 bits per heavy atom. The van der Waals surface area contributed by atoms with Crippen LogP contribution in [0.2, 0.25) is 0 Å². The number of methoxy groups -OCH3 is 1. The molecule has 1 aliphatic rings. The Morgan fingerprint density at radius 1 is 1.07 bits per heavy atom. The molecule has 0 unspecified atom stereocenters. The molecule has 0 saturated carbocycles. The van der Waals surface area contributed by atoms with Gasteiger partial charge in [0, 0.05) is 31.7 Å².